The second-order valence-electron chi connectivity index (χ2n) is 6.94. The molecule has 3 heteroatoms. The highest BCUT2D eigenvalue weighted by Gasteiger charge is 2.22. The van der Waals surface area contributed by atoms with Gasteiger partial charge in [-0.15, -0.1) is 0 Å². The molecule has 0 spiro atoms. The lowest BCUT2D eigenvalue weighted by atomic mass is 9.92. The highest BCUT2D eigenvalue weighted by atomic mass is 16.3. The van der Waals surface area contributed by atoms with Gasteiger partial charge in [-0.1, -0.05) is 69.9 Å². The average Bonchev–Trinajstić information content (AvgIpc) is 2.62. The summed E-state index contributed by atoms with van der Waals surface area (Å²) < 4.78 is 0. The molecule has 1 unspecified atom stereocenters. The van der Waals surface area contributed by atoms with Gasteiger partial charge in [0.15, 0.2) is 0 Å². The van der Waals surface area contributed by atoms with Crippen molar-refractivity contribution >= 4 is 0 Å². The van der Waals surface area contributed by atoms with Gasteiger partial charge in [-0.05, 0) is 43.0 Å². The Balaban J connectivity index is 2.32. The minimum atomic E-state index is -0.592. The molecule has 0 aromatic heterocycles. The molecule has 0 fully saturated rings. The first kappa shape index (κ1) is 20.7. The van der Waals surface area contributed by atoms with Crippen LogP contribution in [-0.2, 0) is 12.8 Å². The van der Waals surface area contributed by atoms with E-state index < -0.39 is 5.54 Å². The van der Waals surface area contributed by atoms with Crippen LogP contribution in [0.4, 0.5) is 0 Å². The van der Waals surface area contributed by atoms with Crippen LogP contribution in [-0.4, -0.2) is 23.8 Å². The maximum absolute atomic E-state index is 9.51. The summed E-state index contributed by atoms with van der Waals surface area (Å²) in [6.07, 6.45) is 12.5. The first-order chi connectivity index (χ1) is 11.6. The van der Waals surface area contributed by atoms with E-state index in [4.69, 9.17) is 5.73 Å². The molecule has 0 heterocycles. The molecule has 0 aliphatic heterocycles. The van der Waals surface area contributed by atoms with Crippen LogP contribution < -0.4 is 11.1 Å². The molecule has 0 bridgehead atoms. The van der Waals surface area contributed by atoms with E-state index in [1.165, 1.54) is 56.1 Å². The number of hydrogen-bond donors (Lipinski definition) is 3. The highest BCUT2D eigenvalue weighted by Crippen LogP contribution is 2.15. The fraction of sp³-hybridized carbons (Fsp3) is 0.619. The largest absolute Gasteiger partial charge is 0.394 e. The molecule has 3 nitrogen and oxygen atoms in total. The van der Waals surface area contributed by atoms with Crippen LogP contribution in [0.15, 0.2) is 37.0 Å². The van der Waals surface area contributed by atoms with Crippen molar-refractivity contribution < 1.29 is 5.11 Å². The van der Waals surface area contributed by atoms with Gasteiger partial charge in [0, 0.05) is 6.54 Å². The molecule has 0 saturated heterocycles. The third-order valence-electron chi connectivity index (χ3n) is 4.67. The van der Waals surface area contributed by atoms with Gasteiger partial charge in [-0.2, -0.15) is 0 Å². The Morgan fingerprint density at radius 3 is 2.21 bits per heavy atom. The number of aliphatic hydroxyl groups is 1. The first-order valence-electron chi connectivity index (χ1n) is 9.45. The molecular weight excluding hydrogens is 296 g/mol. The van der Waals surface area contributed by atoms with Gasteiger partial charge < -0.3 is 16.2 Å². The molecule has 1 aromatic carbocycles. The van der Waals surface area contributed by atoms with E-state index in [0.717, 1.165) is 12.8 Å². The molecule has 24 heavy (non-hydrogen) atoms. The number of benzene rings is 1. The highest BCUT2D eigenvalue weighted by molar-refractivity contribution is 5.23. The number of unbranched alkanes of at least 4 members (excludes halogenated alkanes) is 5. The number of aryl methyl sites for hydroxylation is 2. The summed E-state index contributed by atoms with van der Waals surface area (Å²) >= 11 is 0. The minimum Gasteiger partial charge on any atom is -0.394 e. The number of rotatable bonds is 14. The van der Waals surface area contributed by atoms with Gasteiger partial charge in [-0.3, -0.25) is 0 Å². The standard InChI is InChI=1S/C21H36N2O/c1-3-5-6-7-8-9-10-19-11-13-20(14-12-19)15-16-21(22,18-24)17-23-4-2/h4,11-14,23-24H,2-3,5-10,15-18,22H2,1H3. The van der Waals surface area contributed by atoms with Crippen molar-refractivity contribution in [2.45, 2.75) is 70.3 Å². The summed E-state index contributed by atoms with van der Waals surface area (Å²) in [7, 11) is 0. The molecule has 1 rings (SSSR count). The molecule has 0 saturated carbocycles. The number of nitrogens with two attached hydrogens (primary N) is 1. The Kier molecular flexibility index (Phi) is 10.4. The summed E-state index contributed by atoms with van der Waals surface area (Å²) in [5.41, 5.74) is 8.33. The summed E-state index contributed by atoms with van der Waals surface area (Å²) in [4.78, 5) is 0. The molecule has 0 aliphatic rings. The van der Waals surface area contributed by atoms with Crippen molar-refractivity contribution in [3.05, 3.63) is 48.2 Å². The van der Waals surface area contributed by atoms with E-state index >= 15 is 0 Å². The predicted octanol–water partition coefficient (Wildman–Crippen LogP) is 3.95. The van der Waals surface area contributed by atoms with Crippen LogP contribution >= 0.6 is 0 Å². The Morgan fingerprint density at radius 2 is 1.62 bits per heavy atom. The van der Waals surface area contributed by atoms with Gasteiger partial charge in [0.2, 0.25) is 0 Å². The van der Waals surface area contributed by atoms with Crippen LogP contribution in [0.1, 0.15) is 63.0 Å². The van der Waals surface area contributed by atoms with Gasteiger partial charge in [-0.25, -0.2) is 0 Å². The van der Waals surface area contributed by atoms with Gasteiger partial charge in [0.05, 0.1) is 12.1 Å². The minimum absolute atomic E-state index is 0.0239. The molecule has 0 aliphatic carbocycles. The zero-order chi connectivity index (χ0) is 17.7. The van der Waals surface area contributed by atoms with Crippen LogP contribution in [0.5, 0.6) is 0 Å². The van der Waals surface area contributed by atoms with Crippen molar-refractivity contribution in [2.24, 2.45) is 5.73 Å². The molecule has 136 valence electrons. The second-order valence-corrected chi connectivity index (χ2v) is 6.94. The zero-order valence-corrected chi connectivity index (χ0v) is 15.4. The predicted molar refractivity (Wildman–Crippen MR) is 104 cm³/mol. The van der Waals surface area contributed by atoms with E-state index in [0.29, 0.717) is 6.54 Å². The van der Waals surface area contributed by atoms with Crippen LogP contribution in [0, 0.1) is 0 Å². The van der Waals surface area contributed by atoms with Crippen molar-refractivity contribution in [3.8, 4) is 0 Å². The third kappa shape index (κ3) is 8.51. The van der Waals surface area contributed by atoms with Crippen LogP contribution in [0.3, 0.4) is 0 Å². The van der Waals surface area contributed by atoms with E-state index in [1.807, 2.05) is 0 Å². The van der Waals surface area contributed by atoms with E-state index in [-0.39, 0.29) is 6.61 Å². The van der Waals surface area contributed by atoms with Gasteiger partial charge in [0.25, 0.3) is 0 Å². The van der Waals surface area contributed by atoms with Crippen molar-refractivity contribution in [3.63, 3.8) is 0 Å². The number of aliphatic hydroxyl groups excluding tert-OH is 1. The first-order valence-corrected chi connectivity index (χ1v) is 9.45. The fourth-order valence-corrected chi connectivity index (χ4v) is 2.87. The lowest BCUT2D eigenvalue weighted by Gasteiger charge is -2.27. The average molecular weight is 333 g/mol. The van der Waals surface area contributed by atoms with E-state index in [1.54, 1.807) is 6.20 Å². The summed E-state index contributed by atoms with van der Waals surface area (Å²) in [5.74, 6) is 0. The third-order valence-corrected chi connectivity index (χ3v) is 4.67. The lowest BCUT2D eigenvalue weighted by molar-refractivity contribution is 0.187. The molecule has 1 aromatic rings. The Bertz CT molecular complexity index is 444. The smallest absolute Gasteiger partial charge is 0.0628 e. The lowest BCUT2D eigenvalue weighted by Crippen LogP contribution is -2.51. The number of hydrogen-bond acceptors (Lipinski definition) is 3. The fourth-order valence-electron chi connectivity index (χ4n) is 2.87. The Morgan fingerprint density at radius 1 is 1.04 bits per heavy atom. The SMILES string of the molecule is C=CNCC(N)(CO)CCc1ccc(CCCCCCCC)cc1. The number of nitrogens with one attached hydrogen (secondary N) is 1. The molecule has 0 amide bonds. The molecule has 0 radical (unpaired) electrons. The quantitative estimate of drug-likeness (QED) is 0.452. The Hall–Kier alpha value is -1.32. The summed E-state index contributed by atoms with van der Waals surface area (Å²) in [5, 5.41) is 12.5. The summed E-state index contributed by atoms with van der Waals surface area (Å²) in [6.45, 7) is 6.40. The van der Waals surface area contributed by atoms with E-state index in [9.17, 15) is 5.11 Å². The Labute approximate surface area is 148 Å². The van der Waals surface area contributed by atoms with Crippen molar-refractivity contribution in [1.82, 2.24) is 5.32 Å². The second kappa shape index (κ2) is 12.1. The van der Waals surface area contributed by atoms with Gasteiger partial charge in [0.1, 0.15) is 0 Å². The molecular formula is C21H36N2O. The van der Waals surface area contributed by atoms with Crippen molar-refractivity contribution in [1.29, 1.82) is 0 Å². The van der Waals surface area contributed by atoms with Crippen LogP contribution in [0.2, 0.25) is 0 Å². The molecule has 1 atom stereocenters. The zero-order valence-electron chi connectivity index (χ0n) is 15.4. The molecule has 4 N–H and O–H groups in total. The van der Waals surface area contributed by atoms with Crippen molar-refractivity contribution in [2.75, 3.05) is 13.2 Å². The topological polar surface area (TPSA) is 58.3 Å². The normalized spacial score (nSPS) is 13.5. The van der Waals surface area contributed by atoms with Gasteiger partial charge >= 0.3 is 0 Å². The summed E-state index contributed by atoms with van der Waals surface area (Å²) in [6, 6.07) is 8.87. The van der Waals surface area contributed by atoms with Crippen LogP contribution in [0.25, 0.3) is 0 Å². The maximum Gasteiger partial charge on any atom is 0.0628 e. The maximum atomic E-state index is 9.51. The monoisotopic (exact) mass is 332 g/mol. The van der Waals surface area contributed by atoms with E-state index in [2.05, 4.69) is 43.1 Å².